The Balaban J connectivity index is 2.78. The van der Waals surface area contributed by atoms with Gasteiger partial charge >= 0.3 is 0 Å². The number of rotatable bonds is 1. The number of halogens is 2. The topological polar surface area (TPSA) is 20.2 Å². The molecule has 0 aliphatic rings. The van der Waals surface area contributed by atoms with Crippen molar-refractivity contribution in [2.45, 2.75) is 4.52 Å². The van der Waals surface area contributed by atoms with Crippen LogP contribution < -0.4 is 0 Å². The molecule has 2 aromatic carbocycles. The molecule has 0 heterocycles. The maximum Gasteiger partial charge on any atom is 0.242 e. The zero-order chi connectivity index (χ0) is 10.2. The lowest BCUT2D eigenvalue weighted by molar-refractivity contribution is 0.220. The first-order chi connectivity index (χ1) is 6.59. The summed E-state index contributed by atoms with van der Waals surface area (Å²) in [7, 11) is 0. The van der Waals surface area contributed by atoms with Gasteiger partial charge in [0.05, 0.1) is 0 Å². The minimum Gasteiger partial charge on any atom is -0.359 e. The first-order valence-electron chi connectivity index (χ1n) is 4.17. The highest BCUT2D eigenvalue weighted by atomic mass is 35.5. The van der Waals surface area contributed by atoms with E-state index in [4.69, 9.17) is 23.2 Å². The fourth-order valence-electron chi connectivity index (χ4n) is 1.49. The number of fused-ring (bicyclic) bond motifs is 1. The number of aliphatic hydroxyl groups is 1. The van der Waals surface area contributed by atoms with Gasteiger partial charge in [-0.1, -0.05) is 65.7 Å². The highest BCUT2D eigenvalue weighted by molar-refractivity contribution is 6.47. The van der Waals surface area contributed by atoms with Crippen LogP contribution in [0.2, 0.25) is 0 Å². The summed E-state index contributed by atoms with van der Waals surface area (Å²) in [6, 6.07) is 13.1. The summed E-state index contributed by atoms with van der Waals surface area (Å²) in [5.41, 5.74) is 0.513. The lowest BCUT2D eigenvalue weighted by Gasteiger charge is -2.14. The summed E-state index contributed by atoms with van der Waals surface area (Å²) in [5, 5.41) is 11.4. The molecular formula is C11H8Cl2O. The van der Waals surface area contributed by atoms with Crippen molar-refractivity contribution in [1.29, 1.82) is 0 Å². The Bertz CT molecular complexity index is 455. The second kappa shape index (κ2) is 3.43. The van der Waals surface area contributed by atoms with E-state index in [9.17, 15) is 5.11 Å². The quantitative estimate of drug-likeness (QED) is 0.740. The summed E-state index contributed by atoms with van der Waals surface area (Å²) in [6.07, 6.45) is 0. The Hall–Kier alpha value is -0.760. The van der Waals surface area contributed by atoms with Crippen molar-refractivity contribution in [3.8, 4) is 0 Å². The molecule has 0 bridgehead atoms. The summed E-state index contributed by atoms with van der Waals surface area (Å²) >= 11 is 11.3. The molecule has 0 fully saturated rings. The molecule has 14 heavy (non-hydrogen) atoms. The van der Waals surface area contributed by atoms with E-state index >= 15 is 0 Å². The summed E-state index contributed by atoms with van der Waals surface area (Å²) in [6.45, 7) is 0. The van der Waals surface area contributed by atoms with Gasteiger partial charge in [0.25, 0.3) is 0 Å². The second-order valence-electron chi connectivity index (χ2n) is 3.07. The minimum absolute atomic E-state index is 0.513. The van der Waals surface area contributed by atoms with E-state index in [2.05, 4.69) is 0 Å². The van der Waals surface area contributed by atoms with E-state index in [0.29, 0.717) is 5.56 Å². The minimum atomic E-state index is -1.83. The molecule has 1 N–H and O–H groups in total. The highest BCUT2D eigenvalue weighted by Crippen LogP contribution is 2.35. The van der Waals surface area contributed by atoms with Crippen LogP contribution in [0.15, 0.2) is 42.5 Å². The smallest absolute Gasteiger partial charge is 0.242 e. The molecule has 72 valence electrons. The van der Waals surface area contributed by atoms with Crippen molar-refractivity contribution in [3.05, 3.63) is 48.0 Å². The fourth-order valence-corrected chi connectivity index (χ4v) is 1.82. The van der Waals surface area contributed by atoms with E-state index < -0.39 is 4.52 Å². The summed E-state index contributed by atoms with van der Waals surface area (Å²) in [5.74, 6) is 0. The zero-order valence-corrected chi connectivity index (χ0v) is 8.76. The number of alkyl halides is 2. The molecule has 3 heteroatoms. The molecular weight excluding hydrogens is 219 g/mol. The van der Waals surface area contributed by atoms with E-state index in [-0.39, 0.29) is 0 Å². The predicted octanol–water partition coefficient (Wildman–Crippen LogP) is 3.42. The SMILES string of the molecule is OC(Cl)(Cl)c1cccc2ccccc12. The monoisotopic (exact) mass is 226 g/mol. The third kappa shape index (κ3) is 1.71. The largest absolute Gasteiger partial charge is 0.359 e. The normalized spacial score (nSPS) is 11.9. The Morgan fingerprint density at radius 1 is 0.929 bits per heavy atom. The molecule has 0 radical (unpaired) electrons. The van der Waals surface area contributed by atoms with Crippen LogP contribution in [0.3, 0.4) is 0 Å². The van der Waals surface area contributed by atoms with Crippen molar-refractivity contribution in [3.63, 3.8) is 0 Å². The Kier molecular flexibility index (Phi) is 2.40. The van der Waals surface area contributed by atoms with Gasteiger partial charge in [-0.3, -0.25) is 0 Å². The third-order valence-corrected chi connectivity index (χ3v) is 2.52. The summed E-state index contributed by atoms with van der Waals surface area (Å²) < 4.78 is -1.83. The van der Waals surface area contributed by atoms with Crippen molar-refractivity contribution in [2.24, 2.45) is 0 Å². The molecule has 0 aliphatic carbocycles. The van der Waals surface area contributed by atoms with Gasteiger partial charge in [-0.2, -0.15) is 0 Å². The molecule has 0 saturated heterocycles. The Labute approximate surface area is 91.9 Å². The van der Waals surface area contributed by atoms with Crippen LogP contribution in [-0.4, -0.2) is 5.11 Å². The van der Waals surface area contributed by atoms with Crippen molar-refractivity contribution < 1.29 is 5.11 Å². The van der Waals surface area contributed by atoms with Crippen molar-refractivity contribution in [2.75, 3.05) is 0 Å². The first kappa shape index (κ1) is 9.78. The fraction of sp³-hybridized carbons (Fsp3) is 0.0909. The van der Waals surface area contributed by atoms with Gasteiger partial charge in [0.2, 0.25) is 4.52 Å². The van der Waals surface area contributed by atoms with Crippen LogP contribution in [0, 0.1) is 0 Å². The number of hydrogen-bond donors (Lipinski definition) is 1. The molecule has 2 aromatic rings. The predicted molar refractivity (Wildman–Crippen MR) is 59.6 cm³/mol. The summed E-state index contributed by atoms with van der Waals surface area (Å²) in [4.78, 5) is 0. The van der Waals surface area contributed by atoms with Crippen LogP contribution in [0.1, 0.15) is 5.56 Å². The molecule has 0 atom stereocenters. The van der Waals surface area contributed by atoms with Gasteiger partial charge < -0.3 is 5.11 Å². The van der Waals surface area contributed by atoms with Gasteiger partial charge in [-0.15, -0.1) is 0 Å². The Morgan fingerprint density at radius 3 is 2.29 bits per heavy atom. The van der Waals surface area contributed by atoms with E-state index in [0.717, 1.165) is 10.8 Å². The van der Waals surface area contributed by atoms with Crippen LogP contribution >= 0.6 is 23.2 Å². The number of benzene rings is 2. The van der Waals surface area contributed by atoms with Crippen LogP contribution in [-0.2, 0) is 4.52 Å². The van der Waals surface area contributed by atoms with Gasteiger partial charge in [-0.25, -0.2) is 0 Å². The van der Waals surface area contributed by atoms with Gasteiger partial charge in [0.15, 0.2) is 0 Å². The maximum absolute atomic E-state index is 9.52. The highest BCUT2D eigenvalue weighted by Gasteiger charge is 2.23. The third-order valence-electron chi connectivity index (χ3n) is 2.11. The van der Waals surface area contributed by atoms with Gasteiger partial charge in [0, 0.05) is 5.56 Å². The second-order valence-corrected chi connectivity index (χ2v) is 4.36. The molecule has 1 nitrogen and oxygen atoms in total. The molecule has 0 aromatic heterocycles. The molecule has 0 unspecified atom stereocenters. The lowest BCUT2D eigenvalue weighted by Crippen LogP contribution is -2.08. The lowest BCUT2D eigenvalue weighted by atomic mass is 10.1. The number of hydrogen-bond acceptors (Lipinski definition) is 1. The zero-order valence-electron chi connectivity index (χ0n) is 7.24. The van der Waals surface area contributed by atoms with Crippen LogP contribution in [0.25, 0.3) is 10.8 Å². The van der Waals surface area contributed by atoms with Crippen molar-refractivity contribution in [1.82, 2.24) is 0 Å². The van der Waals surface area contributed by atoms with E-state index in [1.54, 1.807) is 6.07 Å². The standard InChI is InChI=1S/C11H8Cl2O/c12-11(13,14)10-7-3-5-8-4-1-2-6-9(8)10/h1-7,14H. The first-order valence-corrected chi connectivity index (χ1v) is 4.93. The van der Waals surface area contributed by atoms with Gasteiger partial charge in [0.1, 0.15) is 0 Å². The Morgan fingerprint density at radius 2 is 1.57 bits per heavy atom. The molecule has 0 saturated carbocycles. The van der Waals surface area contributed by atoms with Crippen molar-refractivity contribution >= 4 is 34.0 Å². The molecule has 2 rings (SSSR count). The van der Waals surface area contributed by atoms with E-state index in [1.165, 1.54) is 0 Å². The van der Waals surface area contributed by atoms with E-state index in [1.807, 2.05) is 36.4 Å². The molecule has 0 amide bonds. The van der Waals surface area contributed by atoms with Gasteiger partial charge in [-0.05, 0) is 10.8 Å². The average molecular weight is 227 g/mol. The van der Waals surface area contributed by atoms with Crippen LogP contribution in [0.4, 0.5) is 0 Å². The molecule has 0 aliphatic heterocycles. The maximum atomic E-state index is 9.52. The molecule has 0 spiro atoms. The average Bonchev–Trinajstić information content (AvgIpc) is 2.15. The van der Waals surface area contributed by atoms with Crippen LogP contribution in [0.5, 0.6) is 0 Å².